The van der Waals surface area contributed by atoms with E-state index < -0.39 is 0 Å². The van der Waals surface area contributed by atoms with E-state index in [4.69, 9.17) is 0 Å². The van der Waals surface area contributed by atoms with Gasteiger partial charge in [0.2, 0.25) is 5.13 Å². The Balaban J connectivity index is 1.93. The topological polar surface area (TPSA) is 58.9 Å². The lowest BCUT2D eigenvalue weighted by Crippen LogP contribution is -2.19. The highest BCUT2D eigenvalue weighted by molar-refractivity contribution is 7.15. The molecular weight excluding hydrogens is 236 g/mol. The van der Waals surface area contributed by atoms with Gasteiger partial charge in [0.25, 0.3) is 0 Å². The molecule has 0 atom stereocenters. The third kappa shape index (κ3) is 3.01. The SMILES string of the molecule is CNc1nnc(CN(C)Cc2nccn2C)s1. The second kappa shape index (κ2) is 5.24. The van der Waals surface area contributed by atoms with Crippen molar-refractivity contribution in [3.63, 3.8) is 0 Å². The van der Waals surface area contributed by atoms with Crippen LogP contribution in [-0.4, -0.2) is 38.7 Å². The maximum atomic E-state index is 4.30. The number of hydrogen-bond donors (Lipinski definition) is 1. The minimum absolute atomic E-state index is 0.784. The average molecular weight is 252 g/mol. The number of anilines is 1. The van der Waals surface area contributed by atoms with E-state index in [1.807, 2.05) is 31.1 Å². The standard InChI is InChI=1S/C10H16N6S/c1-11-10-14-13-9(17-10)7-15(2)6-8-12-4-5-16(8)3/h4-5H,6-7H2,1-3H3,(H,11,14). The van der Waals surface area contributed by atoms with Gasteiger partial charge in [-0.05, 0) is 7.05 Å². The molecule has 17 heavy (non-hydrogen) atoms. The minimum atomic E-state index is 0.784. The maximum Gasteiger partial charge on any atom is 0.205 e. The first-order valence-electron chi connectivity index (χ1n) is 5.34. The van der Waals surface area contributed by atoms with Crippen LogP contribution < -0.4 is 5.32 Å². The van der Waals surface area contributed by atoms with Crippen LogP contribution in [-0.2, 0) is 20.1 Å². The van der Waals surface area contributed by atoms with Crippen LogP contribution in [0.15, 0.2) is 12.4 Å². The van der Waals surface area contributed by atoms with Crippen molar-refractivity contribution in [1.29, 1.82) is 0 Å². The molecule has 92 valence electrons. The highest BCUT2D eigenvalue weighted by atomic mass is 32.1. The Morgan fingerprint density at radius 1 is 1.41 bits per heavy atom. The number of hydrogen-bond acceptors (Lipinski definition) is 6. The zero-order valence-electron chi connectivity index (χ0n) is 10.2. The van der Waals surface area contributed by atoms with E-state index in [1.54, 1.807) is 11.3 Å². The third-order valence-electron chi connectivity index (χ3n) is 2.42. The van der Waals surface area contributed by atoms with Crippen LogP contribution in [0.3, 0.4) is 0 Å². The number of nitrogens with one attached hydrogen (secondary N) is 1. The molecule has 2 aromatic heterocycles. The van der Waals surface area contributed by atoms with Gasteiger partial charge in [0, 0.05) is 26.5 Å². The van der Waals surface area contributed by atoms with E-state index in [0.717, 1.165) is 29.1 Å². The van der Waals surface area contributed by atoms with E-state index in [1.165, 1.54) is 0 Å². The first-order chi connectivity index (χ1) is 8.19. The summed E-state index contributed by atoms with van der Waals surface area (Å²) >= 11 is 1.58. The molecule has 7 heteroatoms. The van der Waals surface area contributed by atoms with Crippen LogP contribution in [0.4, 0.5) is 5.13 Å². The van der Waals surface area contributed by atoms with Crippen molar-refractivity contribution in [3.8, 4) is 0 Å². The Hall–Kier alpha value is -1.47. The second-order valence-corrected chi connectivity index (χ2v) is 4.94. The molecule has 0 amide bonds. The van der Waals surface area contributed by atoms with Crippen molar-refractivity contribution in [2.24, 2.45) is 7.05 Å². The van der Waals surface area contributed by atoms with Crippen molar-refractivity contribution in [2.45, 2.75) is 13.1 Å². The molecule has 0 aliphatic carbocycles. The largest absolute Gasteiger partial charge is 0.363 e. The summed E-state index contributed by atoms with van der Waals surface area (Å²) in [7, 11) is 5.90. The summed E-state index contributed by atoms with van der Waals surface area (Å²) in [4.78, 5) is 6.46. The highest BCUT2D eigenvalue weighted by Crippen LogP contribution is 2.16. The van der Waals surface area contributed by atoms with Gasteiger partial charge in [0.1, 0.15) is 10.8 Å². The maximum absolute atomic E-state index is 4.30. The molecule has 6 nitrogen and oxygen atoms in total. The molecule has 0 unspecified atom stereocenters. The summed E-state index contributed by atoms with van der Waals surface area (Å²) in [6.45, 7) is 1.59. The Labute approximate surface area is 104 Å². The van der Waals surface area contributed by atoms with Crippen LogP contribution >= 0.6 is 11.3 Å². The molecule has 2 rings (SSSR count). The number of nitrogens with zero attached hydrogens (tertiary/aromatic N) is 5. The van der Waals surface area contributed by atoms with Crippen LogP contribution in [0.5, 0.6) is 0 Å². The van der Waals surface area contributed by atoms with Crippen LogP contribution in [0.2, 0.25) is 0 Å². The number of rotatable bonds is 5. The van der Waals surface area contributed by atoms with E-state index in [9.17, 15) is 0 Å². The molecule has 0 radical (unpaired) electrons. The van der Waals surface area contributed by atoms with E-state index in [0.29, 0.717) is 0 Å². The van der Waals surface area contributed by atoms with Crippen molar-refractivity contribution in [1.82, 2.24) is 24.6 Å². The zero-order valence-corrected chi connectivity index (χ0v) is 11.0. The van der Waals surface area contributed by atoms with Gasteiger partial charge >= 0.3 is 0 Å². The smallest absolute Gasteiger partial charge is 0.205 e. The van der Waals surface area contributed by atoms with Crippen molar-refractivity contribution in [2.75, 3.05) is 19.4 Å². The lowest BCUT2D eigenvalue weighted by atomic mass is 10.5. The van der Waals surface area contributed by atoms with Gasteiger partial charge in [0.05, 0.1) is 13.1 Å². The average Bonchev–Trinajstić information content (AvgIpc) is 2.89. The summed E-state index contributed by atoms with van der Waals surface area (Å²) < 4.78 is 2.02. The summed E-state index contributed by atoms with van der Waals surface area (Å²) in [6, 6.07) is 0. The first-order valence-corrected chi connectivity index (χ1v) is 6.15. The predicted molar refractivity (Wildman–Crippen MR) is 67.8 cm³/mol. The van der Waals surface area contributed by atoms with Crippen molar-refractivity contribution >= 4 is 16.5 Å². The molecule has 1 N–H and O–H groups in total. The third-order valence-corrected chi connectivity index (χ3v) is 3.34. The molecule has 0 aromatic carbocycles. The number of imidazole rings is 1. The van der Waals surface area contributed by atoms with Gasteiger partial charge in [-0.2, -0.15) is 0 Å². The fourth-order valence-corrected chi connectivity index (χ4v) is 2.27. The normalized spacial score (nSPS) is 11.1. The molecule has 0 aliphatic rings. The van der Waals surface area contributed by atoms with Crippen molar-refractivity contribution < 1.29 is 0 Å². The second-order valence-electron chi connectivity index (χ2n) is 3.88. The molecule has 0 fully saturated rings. The fourth-order valence-electron chi connectivity index (χ4n) is 1.50. The van der Waals surface area contributed by atoms with Gasteiger partial charge in [-0.1, -0.05) is 11.3 Å². The Morgan fingerprint density at radius 2 is 2.24 bits per heavy atom. The zero-order chi connectivity index (χ0) is 12.3. The van der Waals surface area contributed by atoms with Gasteiger partial charge in [-0.15, -0.1) is 10.2 Å². The minimum Gasteiger partial charge on any atom is -0.363 e. The molecule has 0 bridgehead atoms. The summed E-state index contributed by atoms with van der Waals surface area (Å²) in [5.74, 6) is 1.05. The molecule has 0 aliphatic heterocycles. The van der Waals surface area contributed by atoms with E-state index in [-0.39, 0.29) is 0 Å². The van der Waals surface area contributed by atoms with E-state index in [2.05, 4.69) is 32.4 Å². The van der Waals surface area contributed by atoms with Gasteiger partial charge < -0.3 is 9.88 Å². The lowest BCUT2D eigenvalue weighted by Gasteiger charge is -2.13. The van der Waals surface area contributed by atoms with Gasteiger partial charge in [-0.3, -0.25) is 4.90 Å². The Bertz CT molecular complexity index is 477. The van der Waals surface area contributed by atoms with Crippen molar-refractivity contribution in [3.05, 3.63) is 23.2 Å². The van der Waals surface area contributed by atoms with Crippen LogP contribution in [0.1, 0.15) is 10.8 Å². The van der Waals surface area contributed by atoms with Crippen LogP contribution in [0, 0.1) is 0 Å². The molecule has 2 aromatic rings. The van der Waals surface area contributed by atoms with Crippen LogP contribution in [0.25, 0.3) is 0 Å². The predicted octanol–water partition coefficient (Wildman–Crippen LogP) is 0.945. The molecule has 0 spiro atoms. The lowest BCUT2D eigenvalue weighted by molar-refractivity contribution is 0.306. The monoisotopic (exact) mass is 252 g/mol. The summed E-state index contributed by atoms with van der Waals surface area (Å²) in [6.07, 6.45) is 3.76. The summed E-state index contributed by atoms with van der Waals surface area (Å²) in [5.41, 5.74) is 0. The Kier molecular flexibility index (Phi) is 3.70. The Morgan fingerprint density at radius 3 is 2.82 bits per heavy atom. The van der Waals surface area contributed by atoms with Gasteiger partial charge in [-0.25, -0.2) is 4.98 Å². The molecule has 0 saturated carbocycles. The molecular formula is C10H16N6S. The number of aryl methyl sites for hydroxylation is 1. The number of aromatic nitrogens is 4. The first kappa shape index (κ1) is 12.0. The summed E-state index contributed by atoms with van der Waals surface area (Å²) in [5, 5.41) is 13.0. The van der Waals surface area contributed by atoms with E-state index >= 15 is 0 Å². The highest BCUT2D eigenvalue weighted by Gasteiger charge is 2.08. The molecule has 2 heterocycles. The molecule has 0 saturated heterocycles. The quantitative estimate of drug-likeness (QED) is 0.858. The fraction of sp³-hybridized carbons (Fsp3) is 0.500. The van der Waals surface area contributed by atoms with Gasteiger partial charge in [0.15, 0.2) is 0 Å².